The standard InChI is InChI=1S/C14H13ClN2OS2/c1-10(13-3-2-8-19-13)16-17-14(18)9-20-12-6-4-11(15)5-7-12/h2-8H,9H2,1H3,(H,17,18). The zero-order chi connectivity index (χ0) is 14.4. The number of carbonyl (C=O) groups excluding carboxylic acids is 1. The first-order chi connectivity index (χ1) is 9.65. The summed E-state index contributed by atoms with van der Waals surface area (Å²) in [5, 5.41) is 6.75. The van der Waals surface area contributed by atoms with Crippen molar-refractivity contribution in [2.24, 2.45) is 5.10 Å². The van der Waals surface area contributed by atoms with E-state index in [-0.39, 0.29) is 5.91 Å². The first-order valence-corrected chi connectivity index (χ1v) is 8.15. The Labute approximate surface area is 131 Å². The molecule has 0 atom stereocenters. The van der Waals surface area contributed by atoms with E-state index in [2.05, 4.69) is 10.5 Å². The number of hydrazone groups is 1. The number of hydrogen-bond acceptors (Lipinski definition) is 4. The Balaban J connectivity index is 1.81. The maximum Gasteiger partial charge on any atom is 0.250 e. The van der Waals surface area contributed by atoms with Crippen LogP contribution in [0.15, 0.2) is 51.8 Å². The van der Waals surface area contributed by atoms with Crippen LogP contribution in [-0.2, 0) is 4.79 Å². The number of nitrogens with one attached hydrogen (secondary N) is 1. The number of nitrogens with zero attached hydrogens (tertiary/aromatic N) is 1. The Morgan fingerprint density at radius 2 is 2.10 bits per heavy atom. The third kappa shape index (κ3) is 4.67. The molecule has 0 unspecified atom stereocenters. The van der Waals surface area contributed by atoms with Crippen LogP contribution in [-0.4, -0.2) is 17.4 Å². The lowest BCUT2D eigenvalue weighted by atomic mass is 10.3. The monoisotopic (exact) mass is 324 g/mol. The lowest BCUT2D eigenvalue weighted by Crippen LogP contribution is -2.20. The number of hydrogen-bond donors (Lipinski definition) is 1. The average Bonchev–Trinajstić information content (AvgIpc) is 2.98. The van der Waals surface area contributed by atoms with Crippen molar-refractivity contribution < 1.29 is 4.79 Å². The molecule has 1 amide bonds. The molecule has 1 N–H and O–H groups in total. The summed E-state index contributed by atoms with van der Waals surface area (Å²) in [6.07, 6.45) is 0. The van der Waals surface area contributed by atoms with E-state index < -0.39 is 0 Å². The minimum Gasteiger partial charge on any atom is -0.272 e. The lowest BCUT2D eigenvalue weighted by molar-refractivity contribution is -0.118. The van der Waals surface area contributed by atoms with E-state index in [0.717, 1.165) is 15.5 Å². The van der Waals surface area contributed by atoms with Crippen LogP contribution in [0.25, 0.3) is 0 Å². The summed E-state index contributed by atoms with van der Waals surface area (Å²) in [5.74, 6) is 0.198. The highest BCUT2D eigenvalue weighted by Gasteiger charge is 2.03. The smallest absolute Gasteiger partial charge is 0.250 e. The minimum atomic E-state index is -0.124. The van der Waals surface area contributed by atoms with Crippen LogP contribution in [0.1, 0.15) is 11.8 Å². The normalized spacial score (nSPS) is 11.4. The fraction of sp³-hybridized carbons (Fsp3) is 0.143. The van der Waals surface area contributed by atoms with E-state index >= 15 is 0 Å². The van der Waals surface area contributed by atoms with Gasteiger partial charge < -0.3 is 0 Å². The molecule has 0 spiro atoms. The highest BCUT2D eigenvalue weighted by Crippen LogP contribution is 2.19. The van der Waals surface area contributed by atoms with Gasteiger partial charge in [0.1, 0.15) is 0 Å². The lowest BCUT2D eigenvalue weighted by Gasteiger charge is -2.02. The number of thiophene rings is 1. The van der Waals surface area contributed by atoms with E-state index in [1.54, 1.807) is 23.5 Å². The molecule has 2 aromatic rings. The van der Waals surface area contributed by atoms with Crippen LogP contribution in [0.2, 0.25) is 5.02 Å². The Kier molecular flexibility index (Phi) is 5.64. The highest BCUT2D eigenvalue weighted by molar-refractivity contribution is 8.00. The molecule has 0 radical (unpaired) electrons. The van der Waals surface area contributed by atoms with Crippen molar-refractivity contribution in [1.29, 1.82) is 0 Å². The largest absolute Gasteiger partial charge is 0.272 e. The third-order valence-electron chi connectivity index (χ3n) is 2.41. The van der Waals surface area contributed by atoms with Gasteiger partial charge in [-0.05, 0) is 42.6 Å². The summed E-state index contributed by atoms with van der Waals surface area (Å²) in [7, 11) is 0. The second-order valence-corrected chi connectivity index (χ2v) is 6.38. The van der Waals surface area contributed by atoms with E-state index in [1.807, 2.05) is 36.6 Å². The molecule has 1 aromatic heterocycles. The van der Waals surface area contributed by atoms with Gasteiger partial charge in [0.2, 0.25) is 5.91 Å². The van der Waals surface area contributed by atoms with Crippen molar-refractivity contribution in [2.45, 2.75) is 11.8 Å². The maximum atomic E-state index is 11.7. The number of thioether (sulfide) groups is 1. The Morgan fingerprint density at radius 1 is 1.35 bits per heavy atom. The van der Waals surface area contributed by atoms with Gasteiger partial charge in [0.15, 0.2) is 0 Å². The molecule has 0 fully saturated rings. The minimum absolute atomic E-state index is 0.124. The maximum absolute atomic E-state index is 11.7. The van der Waals surface area contributed by atoms with Crippen LogP contribution in [0.5, 0.6) is 0 Å². The molecule has 104 valence electrons. The molecule has 1 heterocycles. The predicted molar refractivity (Wildman–Crippen MR) is 86.8 cm³/mol. The summed E-state index contributed by atoms with van der Waals surface area (Å²) >= 11 is 8.85. The summed E-state index contributed by atoms with van der Waals surface area (Å²) in [5.41, 5.74) is 3.37. The van der Waals surface area contributed by atoms with Gasteiger partial charge in [-0.15, -0.1) is 23.1 Å². The Bertz CT molecular complexity index is 594. The SMILES string of the molecule is CC(=NNC(=O)CSc1ccc(Cl)cc1)c1cccs1. The summed E-state index contributed by atoms with van der Waals surface area (Å²) in [6, 6.07) is 11.3. The van der Waals surface area contributed by atoms with Crippen molar-refractivity contribution in [3.05, 3.63) is 51.7 Å². The van der Waals surface area contributed by atoms with E-state index in [1.165, 1.54) is 11.8 Å². The van der Waals surface area contributed by atoms with Gasteiger partial charge in [0.05, 0.1) is 11.5 Å². The van der Waals surface area contributed by atoms with E-state index in [9.17, 15) is 4.79 Å². The summed E-state index contributed by atoms with van der Waals surface area (Å²) in [4.78, 5) is 13.8. The van der Waals surface area contributed by atoms with Gasteiger partial charge >= 0.3 is 0 Å². The van der Waals surface area contributed by atoms with Gasteiger partial charge in [-0.1, -0.05) is 17.7 Å². The van der Waals surface area contributed by atoms with E-state index in [4.69, 9.17) is 11.6 Å². The molecule has 3 nitrogen and oxygen atoms in total. The van der Waals surface area contributed by atoms with Crippen LogP contribution < -0.4 is 5.43 Å². The fourth-order valence-corrected chi connectivity index (χ4v) is 2.89. The number of amides is 1. The number of halogens is 1. The zero-order valence-corrected chi connectivity index (χ0v) is 13.2. The molecular weight excluding hydrogens is 312 g/mol. The van der Waals surface area contributed by atoms with Crippen molar-refractivity contribution in [2.75, 3.05) is 5.75 Å². The second kappa shape index (κ2) is 7.47. The number of rotatable bonds is 5. The fourth-order valence-electron chi connectivity index (χ4n) is 1.40. The molecule has 6 heteroatoms. The Morgan fingerprint density at radius 3 is 2.75 bits per heavy atom. The first kappa shape index (κ1) is 15.1. The van der Waals surface area contributed by atoms with Crippen molar-refractivity contribution >= 4 is 46.3 Å². The Hall–Kier alpha value is -1.30. The molecule has 0 aliphatic rings. The molecule has 0 aliphatic heterocycles. The molecule has 0 saturated carbocycles. The zero-order valence-electron chi connectivity index (χ0n) is 10.8. The van der Waals surface area contributed by atoms with Crippen LogP contribution in [0.3, 0.4) is 0 Å². The predicted octanol–water partition coefficient (Wildman–Crippen LogP) is 4.03. The second-order valence-electron chi connectivity index (χ2n) is 3.95. The van der Waals surface area contributed by atoms with Gasteiger partial charge in [-0.2, -0.15) is 5.10 Å². The molecule has 20 heavy (non-hydrogen) atoms. The molecule has 0 saturated heterocycles. The van der Waals surface area contributed by atoms with Crippen molar-refractivity contribution in [3.8, 4) is 0 Å². The molecule has 0 bridgehead atoms. The van der Waals surface area contributed by atoms with Gasteiger partial charge in [0, 0.05) is 14.8 Å². The van der Waals surface area contributed by atoms with E-state index in [0.29, 0.717) is 10.8 Å². The molecule has 0 aliphatic carbocycles. The number of carbonyl (C=O) groups is 1. The molecular formula is C14H13ClN2OS2. The third-order valence-corrected chi connectivity index (χ3v) is 4.65. The quantitative estimate of drug-likeness (QED) is 0.512. The van der Waals surface area contributed by atoms with Crippen molar-refractivity contribution in [1.82, 2.24) is 5.43 Å². The van der Waals surface area contributed by atoms with Gasteiger partial charge in [-0.25, -0.2) is 5.43 Å². The summed E-state index contributed by atoms with van der Waals surface area (Å²) < 4.78 is 0. The average molecular weight is 325 g/mol. The van der Waals surface area contributed by atoms with Gasteiger partial charge in [0.25, 0.3) is 0 Å². The topological polar surface area (TPSA) is 41.5 Å². The van der Waals surface area contributed by atoms with Crippen molar-refractivity contribution in [3.63, 3.8) is 0 Å². The summed E-state index contributed by atoms with van der Waals surface area (Å²) in [6.45, 7) is 1.87. The first-order valence-electron chi connectivity index (χ1n) is 5.90. The highest BCUT2D eigenvalue weighted by atomic mass is 35.5. The molecule has 1 aromatic carbocycles. The van der Waals surface area contributed by atoms with Crippen LogP contribution in [0.4, 0.5) is 0 Å². The van der Waals surface area contributed by atoms with Crippen LogP contribution >= 0.6 is 34.7 Å². The number of benzene rings is 1. The van der Waals surface area contributed by atoms with Gasteiger partial charge in [-0.3, -0.25) is 4.79 Å². The van der Waals surface area contributed by atoms with Crippen LogP contribution in [0, 0.1) is 0 Å². The molecule has 2 rings (SSSR count).